The second kappa shape index (κ2) is 17.9. The summed E-state index contributed by atoms with van der Waals surface area (Å²) < 4.78 is 0. The van der Waals surface area contributed by atoms with Gasteiger partial charge >= 0.3 is 0 Å². The molecular weight excluding hydrogens is 572 g/mol. The van der Waals surface area contributed by atoms with Crippen molar-refractivity contribution in [1.29, 1.82) is 0 Å². The van der Waals surface area contributed by atoms with Gasteiger partial charge in [-0.3, -0.25) is 9.98 Å². The Kier molecular flexibility index (Phi) is 18.1. The van der Waals surface area contributed by atoms with Gasteiger partial charge < -0.3 is 37.2 Å². The minimum absolute atomic E-state index is 0. The van der Waals surface area contributed by atoms with E-state index in [2.05, 4.69) is 85.7 Å². The molecule has 0 aliphatic carbocycles. The van der Waals surface area contributed by atoms with Crippen LogP contribution in [-0.4, -0.2) is 16.4 Å². The van der Waals surface area contributed by atoms with Gasteiger partial charge in [-0.2, -0.15) is 0 Å². The SMILES string of the molecule is CCc1cc(C)cc(CC)c1N=C(C)c1cccc(C(C)=Nc2c(CC)cc(C)cc2CC)n1.[Cl-].[Cl-].[Cl-].[V]. The number of hydrogen-bond donors (Lipinski definition) is 0. The number of aliphatic imine (C=N–C) groups is 2. The molecule has 0 saturated heterocycles. The first-order valence-corrected chi connectivity index (χ1v) is 12.6. The molecule has 0 unspecified atom stereocenters. The van der Waals surface area contributed by atoms with Gasteiger partial charge in [0, 0.05) is 18.6 Å². The minimum atomic E-state index is 0. The Bertz CT molecular complexity index is 1110. The molecule has 0 atom stereocenters. The van der Waals surface area contributed by atoms with E-state index in [1.807, 2.05) is 12.1 Å². The molecule has 2 aromatic carbocycles. The average Bonchev–Trinajstić information content (AvgIpc) is 2.85. The summed E-state index contributed by atoms with van der Waals surface area (Å²) in [5, 5.41) is 0. The number of aryl methyl sites for hydroxylation is 6. The molecule has 0 aliphatic rings. The molecule has 0 spiro atoms. The van der Waals surface area contributed by atoms with E-state index in [0.29, 0.717) is 0 Å². The molecule has 7 heteroatoms. The number of pyridine rings is 1. The van der Waals surface area contributed by atoms with Crippen molar-refractivity contribution in [2.75, 3.05) is 0 Å². The van der Waals surface area contributed by atoms with Crippen molar-refractivity contribution in [1.82, 2.24) is 4.98 Å². The Labute approximate surface area is 260 Å². The third kappa shape index (κ3) is 9.24. The Morgan fingerprint density at radius 3 is 1.16 bits per heavy atom. The number of aromatic nitrogens is 1. The van der Waals surface area contributed by atoms with E-state index in [1.165, 1.54) is 33.4 Å². The van der Waals surface area contributed by atoms with Crippen molar-refractivity contribution in [3.8, 4) is 0 Å². The van der Waals surface area contributed by atoms with E-state index < -0.39 is 0 Å². The van der Waals surface area contributed by atoms with E-state index >= 15 is 0 Å². The molecule has 0 amide bonds. The Hall–Kier alpha value is -1.62. The van der Waals surface area contributed by atoms with Crippen LogP contribution in [0.25, 0.3) is 0 Å². The molecule has 38 heavy (non-hydrogen) atoms. The molecule has 207 valence electrons. The zero-order valence-corrected chi connectivity index (χ0v) is 27.5. The predicted molar refractivity (Wildman–Crippen MR) is 148 cm³/mol. The zero-order valence-electron chi connectivity index (χ0n) is 23.8. The van der Waals surface area contributed by atoms with Crippen LogP contribution in [0, 0.1) is 13.8 Å². The van der Waals surface area contributed by atoms with Crippen LogP contribution in [0.3, 0.4) is 0 Å². The van der Waals surface area contributed by atoms with Crippen LogP contribution in [0.5, 0.6) is 0 Å². The summed E-state index contributed by atoms with van der Waals surface area (Å²) >= 11 is 0. The molecule has 3 aromatic rings. The zero-order chi connectivity index (χ0) is 24.8. The summed E-state index contributed by atoms with van der Waals surface area (Å²) in [6.45, 7) is 17.2. The van der Waals surface area contributed by atoms with Gasteiger partial charge in [0.25, 0.3) is 0 Å². The van der Waals surface area contributed by atoms with Crippen LogP contribution < -0.4 is 37.2 Å². The fourth-order valence-corrected chi connectivity index (χ4v) is 4.52. The molecule has 0 N–H and O–H groups in total. The Morgan fingerprint density at radius 2 is 0.895 bits per heavy atom. The first kappa shape index (κ1) is 38.5. The van der Waals surface area contributed by atoms with Gasteiger partial charge in [0.1, 0.15) is 0 Å². The fraction of sp³-hybridized carbons (Fsp3) is 0.387. The first-order valence-electron chi connectivity index (χ1n) is 12.6. The maximum Gasteiger partial charge on any atom is 0.0849 e. The maximum atomic E-state index is 5.08. The molecule has 1 heterocycles. The van der Waals surface area contributed by atoms with Crippen LogP contribution in [0.2, 0.25) is 0 Å². The van der Waals surface area contributed by atoms with E-state index in [-0.39, 0.29) is 55.8 Å². The quantitative estimate of drug-likeness (QED) is 0.309. The summed E-state index contributed by atoms with van der Waals surface area (Å²) in [5.41, 5.74) is 13.6. The van der Waals surface area contributed by atoms with Crippen LogP contribution in [-0.2, 0) is 44.2 Å². The fourth-order valence-electron chi connectivity index (χ4n) is 4.52. The molecule has 0 aliphatic heterocycles. The summed E-state index contributed by atoms with van der Waals surface area (Å²) in [4.78, 5) is 15.1. The standard InChI is InChI=1S/C31H39N3.3ClH.V/c1-9-24-16-20(5)17-25(10-2)30(24)32-22(7)28-14-13-15-29(34-28)23(8)33-31-26(11-3)18-21(6)19-27(31)12-4;;;;/h13-19H,9-12H2,1-8H3;3*1H;/p-3. The third-order valence-corrected chi connectivity index (χ3v) is 6.40. The molecular formula is C31H39Cl3N3V-3. The number of nitrogens with zero attached hydrogens (tertiary/aromatic N) is 3. The smallest absolute Gasteiger partial charge is 0.0849 e. The van der Waals surface area contributed by atoms with E-state index in [1.54, 1.807) is 0 Å². The average molecular weight is 611 g/mol. The summed E-state index contributed by atoms with van der Waals surface area (Å²) in [7, 11) is 0. The van der Waals surface area contributed by atoms with E-state index in [0.717, 1.165) is 59.9 Å². The largest absolute Gasteiger partial charge is 1.00 e. The molecule has 0 fully saturated rings. The second-order valence-electron chi connectivity index (χ2n) is 9.08. The Morgan fingerprint density at radius 1 is 0.605 bits per heavy atom. The normalized spacial score (nSPS) is 11.1. The predicted octanol–water partition coefficient (Wildman–Crippen LogP) is -0.761. The van der Waals surface area contributed by atoms with Gasteiger partial charge in [-0.05, 0) is 87.8 Å². The van der Waals surface area contributed by atoms with Crippen molar-refractivity contribution < 1.29 is 55.8 Å². The topological polar surface area (TPSA) is 37.6 Å². The van der Waals surface area contributed by atoms with Gasteiger partial charge in [0.2, 0.25) is 0 Å². The summed E-state index contributed by atoms with van der Waals surface area (Å²) in [6.07, 6.45) is 3.87. The summed E-state index contributed by atoms with van der Waals surface area (Å²) in [5.74, 6) is 0. The maximum absolute atomic E-state index is 5.08. The van der Waals surface area contributed by atoms with Gasteiger partial charge in [0.05, 0.1) is 34.2 Å². The third-order valence-electron chi connectivity index (χ3n) is 6.40. The molecule has 0 saturated carbocycles. The van der Waals surface area contributed by atoms with E-state index in [4.69, 9.17) is 15.0 Å². The number of benzene rings is 2. The molecule has 3 nitrogen and oxygen atoms in total. The van der Waals surface area contributed by atoms with Gasteiger partial charge in [-0.25, -0.2) is 4.98 Å². The van der Waals surface area contributed by atoms with Crippen molar-refractivity contribution >= 4 is 22.8 Å². The number of rotatable bonds is 8. The van der Waals surface area contributed by atoms with Crippen LogP contribution in [0.15, 0.2) is 52.4 Å². The molecule has 1 radical (unpaired) electrons. The van der Waals surface area contributed by atoms with Crippen molar-refractivity contribution in [3.63, 3.8) is 0 Å². The first-order chi connectivity index (χ1) is 16.3. The van der Waals surface area contributed by atoms with Crippen molar-refractivity contribution in [3.05, 3.63) is 87.2 Å². The number of halogens is 3. The number of hydrogen-bond acceptors (Lipinski definition) is 3. The van der Waals surface area contributed by atoms with Crippen LogP contribution in [0.1, 0.15) is 86.3 Å². The van der Waals surface area contributed by atoms with Gasteiger partial charge in [-0.15, -0.1) is 0 Å². The van der Waals surface area contributed by atoms with Crippen LogP contribution in [0.4, 0.5) is 11.4 Å². The van der Waals surface area contributed by atoms with Crippen LogP contribution >= 0.6 is 0 Å². The molecule has 1 aromatic heterocycles. The van der Waals surface area contributed by atoms with Crippen molar-refractivity contribution in [2.24, 2.45) is 9.98 Å². The Balaban J connectivity index is 0. The minimum Gasteiger partial charge on any atom is -1.00 e. The van der Waals surface area contributed by atoms with E-state index in [9.17, 15) is 0 Å². The monoisotopic (exact) mass is 609 g/mol. The van der Waals surface area contributed by atoms with Gasteiger partial charge in [-0.1, -0.05) is 69.2 Å². The summed E-state index contributed by atoms with van der Waals surface area (Å²) in [6, 6.07) is 15.2. The van der Waals surface area contributed by atoms with Crippen molar-refractivity contribution in [2.45, 2.75) is 81.1 Å². The molecule has 3 rings (SSSR count). The van der Waals surface area contributed by atoms with Gasteiger partial charge in [0.15, 0.2) is 0 Å². The molecule has 0 bridgehead atoms. The second-order valence-corrected chi connectivity index (χ2v) is 9.08.